The summed E-state index contributed by atoms with van der Waals surface area (Å²) in [4.78, 5) is 42.4. The van der Waals surface area contributed by atoms with Gasteiger partial charge in [0.15, 0.2) is 6.61 Å². The molecule has 8 nitrogen and oxygen atoms in total. The number of H-pyrrole nitrogens is 1. The van der Waals surface area contributed by atoms with Gasteiger partial charge in [0.25, 0.3) is 5.91 Å². The summed E-state index contributed by atoms with van der Waals surface area (Å²) < 4.78 is 16.0. The summed E-state index contributed by atoms with van der Waals surface area (Å²) in [5.41, 5.74) is 3.74. The second-order valence-electron chi connectivity index (χ2n) is 8.28. The van der Waals surface area contributed by atoms with Gasteiger partial charge in [0.1, 0.15) is 17.4 Å². The minimum absolute atomic E-state index is 0.248. The summed E-state index contributed by atoms with van der Waals surface area (Å²) in [6, 6.07) is 13.7. The van der Waals surface area contributed by atoms with Crippen LogP contribution in [0.5, 0.6) is 5.75 Å². The van der Waals surface area contributed by atoms with Gasteiger partial charge in [0, 0.05) is 40.5 Å². The van der Waals surface area contributed by atoms with Gasteiger partial charge < -0.3 is 23.8 Å². The molecule has 0 saturated heterocycles. The van der Waals surface area contributed by atoms with E-state index in [9.17, 15) is 14.4 Å². The van der Waals surface area contributed by atoms with E-state index >= 15 is 0 Å². The first-order chi connectivity index (χ1) is 16.5. The number of esters is 1. The molecule has 0 unspecified atom stereocenters. The highest BCUT2D eigenvalue weighted by atomic mass is 16.5. The molecule has 5 rings (SSSR count). The number of amides is 1. The summed E-state index contributed by atoms with van der Waals surface area (Å²) in [6.45, 7) is 1.94. The molecular formula is C26H24N2O6. The van der Waals surface area contributed by atoms with Crippen molar-refractivity contribution in [3.05, 3.63) is 75.8 Å². The van der Waals surface area contributed by atoms with Gasteiger partial charge >= 0.3 is 11.6 Å². The smallest absolute Gasteiger partial charge is 0.336 e. The third-order valence-electron chi connectivity index (χ3n) is 6.34. The molecule has 1 aliphatic rings. The van der Waals surface area contributed by atoms with Crippen LogP contribution in [0.15, 0.2) is 57.7 Å². The zero-order valence-corrected chi connectivity index (χ0v) is 18.9. The van der Waals surface area contributed by atoms with Gasteiger partial charge in [-0.1, -0.05) is 25.1 Å². The number of carbonyl (C=O) groups is 2. The van der Waals surface area contributed by atoms with Crippen molar-refractivity contribution < 1.29 is 23.5 Å². The quantitative estimate of drug-likeness (QED) is 0.362. The number of para-hydroxylation sites is 1. The SMILES string of the molecule is CCc1cc(=O)oc2cc(OCC(=O)N3Cc4[nH]c5ccccc5c4C[C@H]3C(=O)OC)ccc12. The predicted molar refractivity (Wildman–Crippen MR) is 126 cm³/mol. The number of hydrogen-bond donors (Lipinski definition) is 1. The molecular weight excluding hydrogens is 436 g/mol. The van der Waals surface area contributed by atoms with E-state index in [-0.39, 0.29) is 19.1 Å². The van der Waals surface area contributed by atoms with Gasteiger partial charge in [0.05, 0.1) is 13.7 Å². The molecule has 34 heavy (non-hydrogen) atoms. The summed E-state index contributed by atoms with van der Waals surface area (Å²) in [6.07, 6.45) is 1.05. The molecule has 4 aromatic rings. The van der Waals surface area contributed by atoms with Gasteiger partial charge in [-0.15, -0.1) is 0 Å². The first-order valence-electron chi connectivity index (χ1n) is 11.1. The van der Waals surface area contributed by atoms with Crippen LogP contribution < -0.4 is 10.4 Å². The number of nitrogens with one attached hydrogen (secondary N) is 1. The molecule has 0 saturated carbocycles. The van der Waals surface area contributed by atoms with Crippen LogP contribution in [0.3, 0.4) is 0 Å². The second-order valence-corrected chi connectivity index (χ2v) is 8.28. The van der Waals surface area contributed by atoms with E-state index in [4.69, 9.17) is 13.9 Å². The third-order valence-corrected chi connectivity index (χ3v) is 6.34. The van der Waals surface area contributed by atoms with E-state index in [1.807, 2.05) is 37.3 Å². The molecule has 2 aromatic heterocycles. The average molecular weight is 460 g/mol. The van der Waals surface area contributed by atoms with Crippen LogP contribution >= 0.6 is 0 Å². The molecule has 1 N–H and O–H groups in total. The zero-order valence-electron chi connectivity index (χ0n) is 18.9. The van der Waals surface area contributed by atoms with Crippen molar-refractivity contribution in [1.29, 1.82) is 0 Å². The van der Waals surface area contributed by atoms with Crippen molar-refractivity contribution in [2.75, 3.05) is 13.7 Å². The summed E-state index contributed by atoms with van der Waals surface area (Å²) in [5.74, 6) is -0.414. The average Bonchev–Trinajstić information content (AvgIpc) is 3.22. The van der Waals surface area contributed by atoms with Crippen molar-refractivity contribution >= 4 is 33.7 Å². The van der Waals surface area contributed by atoms with Gasteiger partial charge in [-0.3, -0.25) is 4.79 Å². The highest BCUT2D eigenvalue weighted by molar-refractivity contribution is 5.90. The summed E-state index contributed by atoms with van der Waals surface area (Å²) in [5, 5.41) is 1.87. The number of methoxy groups -OCH3 is 1. The number of benzene rings is 2. The van der Waals surface area contributed by atoms with Crippen molar-refractivity contribution in [2.45, 2.75) is 32.4 Å². The Morgan fingerprint density at radius 3 is 2.76 bits per heavy atom. The number of ether oxygens (including phenoxy) is 2. The zero-order chi connectivity index (χ0) is 23.8. The number of aryl methyl sites for hydroxylation is 1. The number of fused-ring (bicyclic) bond motifs is 4. The number of rotatable bonds is 5. The number of carbonyl (C=O) groups excluding carboxylic acids is 2. The second kappa shape index (κ2) is 8.70. The van der Waals surface area contributed by atoms with Crippen LogP contribution in [0, 0.1) is 0 Å². The molecule has 0 spiro atoms. The lowest BCUT2D eigenvalue weighted by Crippen LogP contribution is -2.50. The highest BCUT2D eigenvalue weighted by Crippen LogP contribution is 2.31. The fraction of sp³-hybridized carbons (Fsp3) is 0.269. The normalized spacial score (nSPS) is 15.4. The number of hydrogen-bond acceptors (Lipinski definition) is 6. The van der Waals surface area contributed by atoms with Crippen molar-refractivity contribution in [3.63, 3.8) is 0 Å². The Hall–Kier alpha value is -4.07. The van der Waals surface area contributed by atoms with Crippen LogP contribution in [-0.4, -0.2) is 41.5 Å². The molecule has 0 radical (unpaired) electrons. The van der Waals surface area contributed by atoms with Crippen molar-refractivity contribution in [2.24, 2.45) is 0 Å². The molecule has 2 aromatic carbocycles. The van der Waals surface area contributed by atoms with Crippen LogP contribution in [0.2, 0.25) is 0 Å². The topological polar surface area (TPSA) is 102 Å². The molecule has 1 aliphatic heterocycles. The molecule has 0 aliphatic carbocycles. The fourth-order valence-electron chi connectivity index (χ4n) is 4.64. The minimum atomic E-state index is -0.741. The predicted octanol–water partition coefficient (Wildman–Crippen LogP) is 3.34. The maximum absolute atomic E-state index is 13.2. The molecule has 0 bridgehead atoms. The number of nitrogens with zero attached hydrogens (tertiary/aromatic N) is 1. The van der Waals surface area contributed by atoms with Gasteiger partial charge in [-0.2, -0.15) is 0 Å². The van der Waals surface area contributed by atoms with Crippen LogP contribution in [0.25, 0.3) is 21.9 Å². The lowest BCUT2D eigenvalue weighted by atomic mass is 9.96. The van der Waals surface area contributed by atoms with E-state index in [1.54, 1.807) is 12.1 Å². The standard InChI is InChI=1S/C26H24N2O6/c1-3-15-10-25(30)34-23-11-16(8-9-17(15)23)33-14-24(29)28-13-21-19(12-22(28)26(31)32-2)18-6-4-5-7-20(18)27-21/h4-11,22,27H,3,12-14H2,1-2H3/t22-/m0/s1. The molecule has 0 fully saturated rings. The lowest BCUT2D eigenvalue weighted by molar-refractivity contribution is -0.154. The fourth-order valence-corrected chi connectivity index (χ4v) is 4.64. The van der Waals surface area contributed by atoms with Crippen molar-refractivity contribution in [1.82, 2.24) is 9.88 Å². The van der Waals surface area contributed by atoms with E-state index < -0.39 is 17.6 Å². The van der Waals surface area contributed by atoms with Crippen LogP contribution in [0.4, 0.5) is 0 Å². The summed E-state index contributed by atoms with van der Waals surface area (Å²) >= 11 is 0. The maximum atomic E-state index is 13.2. The Morgan fingerprint density at radius 1 is 1.15 bits per heavy atom. The monoisotopic (exact) mass is 460 g/mol. The molecule has 3 heterocycles. The number of aromatic amines is 1. The Kier molecular flexibility index (Phi) is 5.57. The highest BCUT2D eigenvalue weighted by Gasteiger charge is 2.37. The Bertz CT molecular complexity index is 1470. The van der Waals surface area contributed by atoms with E-state index in [0.29, 0.717) is 24.2 Å². The largest absolute Gasteiger partial charge is 0.484 e. The molecule has 174 valence electrons. The van der Waals surface area contributed by atoms with Crippen molar-refractivity contribution in [3.8, 4) is 5.75 Å². The summed E-state index contributed by atoms with van der Waals surface area (Å²) in [7, 11) is 1.32. The Balaban J connectivity index is 1.38. The Labute approximate surface area is 195 Å². The molecule has 8 heteroatoms. The van der Waals surface area contributed by atoms with E-state index in [0.717, 1.165) is 33.1 Å². The third kappa shape index (κ3) is 3.81. The van der Waals surface area contributed by atoms with Crippen LogP contribution in [-0.2, 0) is 33.7 Å². The number of aromatic nitrogens is 1. The van der Waals surface area contributed by atoms with E-state index in [1.165, 1.54) is 18.1 Å². The van der Waals surface area contributed by atoms with Gasteiger partial charge in [0.2, 0.25) is 0 Å². The minimum Gasteiger partial charge on any atom is -0.484 e. The first kappa shape index (κ1) is 21.8. The Morgan fingerprint density at radius 2 is 1.97 bits per heavy atom. The lowest BCUT2D eigenvalue weighted by Gasteiger charge is -2.33. The molecule has 1 amide bonds. The van der Waals surface area contributed by atoms with Gasteiger partial charge in [-0.25, -0.2) is 9.59 Å². The maximum Gasteiger partial charge on any atom is 0.336 e. The molecule has 1 atom stereocenters. The van der Waals surface area contributed by atoms with Crippen LogP contribution in [0.1, 0.15) is 23.7 Å². The first-order valence-corrected chi connectivity index (χ1v) is 11.1. The van der Waals surface area contributed by atoms with Gasteiger partial charge in [-0.05, 0) is 35.7 Å². The van der Waals surface area contributed by atoms with E-state index in [2.05, 4.69) is 4.98 Å².